The molecule has 4 aromatic rings. The molecule has 8 nitrogen and oxygen atoms in total. The van der Waals surface area contributed by atoms with E-state index < -0.39 is 5.97 Å². The van der Waals surface area contributed by atoms with Crippen molar-refractivity contribution in [2.24, 2.45) is 0 Å². The van der Waals surface area contributed by atoms with Crippen molar-refractivity contribution < 1.29 is 14.7 Å². The molecule has 0 radical (unpaired) electrons. The van der Waals surface area contributed by atoms with Crippen LogP contribution < -0.4 is 11.0 Å². The number of halogens is 2. The third-order valence-electron chi connectivity index (χ3n) is 6.46. The minimum atomic E-state index is -1.01. The lowest BCUT2D eigenvalue weighted by Gasteiger charge is -2.32. The Labute approximate surface area is 216 Å². The zero-order valence-corrected chi connectivity index (χ0v) is 20.5. The highest BCUT2D eigenvalue weighted by Crippen LogP contribution is 2.31. The van der Waals surface area contributed by atoms with Gasteiger partial charge in [0.05, 0.1) is 26.6 Å². The third kappa shape index (κ3) is 4.57. The van der Waals surface area contributed by atoms with E-state index in [0.717, 1.165) is 11.1 Å². The van der Waals surface area contributed by atoms with E-state index >= 15 is 0 Å². The standard InChI is InChI=1S/C26H22Cl2N4O4/c27-20-8-7-17(14-21(20)28)29-25(35)31-11-9-18(10-12-31)32-22-6-2-5-19(23(22)30-26(32)36)15-3-1-4-16(13-15)24(33)34/h1-8,13-14,18H,9-12H2,(H,29,35)(H,30,36)(H,33,34). The summed E-state index contributed by atoms with van der Waals surface area (Å²) < 4.78 is 1.74. The number of aromatic amines is 1. The monoisotopic (exact) mass is 524 g/mol. The van der Waals surface area contributed by atoms with Crippen LogP contribution in [0.15, 0.2) is 65.5 Å². The van der Waals surface area contributed by atoms with E-state index in [1.165, 1.54) is 6.07 Å². The number of nitrogens with one attached hydrogen (secondary N) is 2. The van der Waals surface area contributed by atoms with Gasteiger partial charge in [-0.25, -0.2) is 14.4 Å². The van der Waals surface area contributed by atoms with Crippen LogP contribution in [0.2, 0.25) is 10.0 Å². The molecule has 2 amide bonds. The number of hydrogen-bond donors (Lipinski definition) is 3. The number of hydrogen-bond acceptors (Lipinski definition) is 3. The molecule has 36 heavy (non-hydrogen) atoms. The Kier molecular flexibility index (Phi) is 6.47. The molecule has 3 N–H and O–H groups in total. The molecule has 3 aromatic carbocycles. The first-order valence-electron chi connectivity index (χ1n) is 11.4. The average molecular weight is 525 g/mol. The number of carbonyl (C=O) groups excluding carboxylic acids is 1. The molecule has 0 unspecified atom stereocenters. The van der Waals surface area contributed by atoms with E-state index in [0.29, 0.717) is 52.7 Å². The fraction of sp³-hybridized carbons (Fsp3) is 0.192. The molecular weight excluding hydrogens is 503 g/mol. The zero-order chi connectivity index (χ0) is 25.4. The van der Waals surface area contributed by atoms with Gasteiger partial charge in [0.2, 0.25) is 0 Å². The van der Waals surface area contributed by atoms with Gasteiger partial charge in [0, 0.05) is 30.4 Å². The Morgan fingerprint density at radius 2 is 1.72 bits per heavy atom. The van der Waals surface area contributed by atoms with Crippen LogP contribution in [0.25, 0.3) is 22.2 Å². The summed E-state index contributed by atoms with van der Waals surface area (Å²) in [7, 11) is 0. The second kappa shape index (κ2) is 9.72. The van der Waals surface area contributed by atoms with E-state index in [4.69, 9.17) is 23.2 Å². The van der Waals surface area contributed by atoms with Crippen LogP contribution in [0.1, 0.15) is 29.2 Å². The van der Waals surface area contributed by atoms with Gasteiger partial charge in [-0.2, -0.15) is 0 Å². The zero-order valence-electron chi connectivity index (χ0n) is 19.0. The lowest BCUT2D eigenvalue weighted by Crippen LogP contribution is -2.42. The van der Waals surface area contributed by atoms with Crippen LogP contribution in [0.5, 0.6) is 0 Å². The van der Waals surface area contributed by atoms with E-state index in [1.54, 1.807) is 39.8 Å². The molecule has 0 bridgehead atoms. The summed E-state index contributed by atoms with van der Waals surface area (Å²) >= 11 is 12.0. The van der Waals surface area contributed by atoms with Gasteiger partial charge in [0.1, 0.15) is 0 Å². The average Bonchev–Trinajstić information content (AvgIpc) is 3.22. The number of benzene rings is 3. The van der Waals surface area contributed by atoms with E-state index in [1.807, 2.05) is 24.3 Å². The number of carboxylic acid groups (broad SMARTS) is 1. The summed E-state index contributed by atoms with van der Waals surface area (Å²) in [6, 6.07) is 16.8. The molecule has 1 saturated heterocycles. The summed E-state index contributed by atoms with van der Waals surface area (Å²) in [5.41, 5.74) is 3.38. The number of amides is 2. The lowest BCUT2D eigenvalue weighted by atomic mass is 10.0. The minimum absolute atomic E-state index is 0.0825. The highest BCUT2D eigenvalue weighted by Gasteiger charge is 2.27. The van der Waals surface area contributed by atoms with Gasteiger partial charge in [-0.3, -0.25) is 4.57 Å². The largest absolute Gasteiger partial charge is 0.478 e. The fourth-order valence-corrected chi connectivity index (χ4v) is 4.97. The molecular formula is C26H22Cl2N4O4. The van der Waals surface area contributed by atoms with E-state index in [9.17, 15) is 19.5 Å². The van der Waals surface area contributed by atoms with Crippen LogP contribution in [0.4, 0.5) is 10.5 Å². The van der Waals surface area contributed by atoms with Gasteiger partial charge in [-0.05, 0) is 54.8 Å². The molecule has 184 valence electrons. The normalized spacial score (nSPS) is 14.2. The number of para-hydroxylation sites is 1. The molecule has 0 saturated carbocycles. The summed E-state index contributed by atoms with van der Waals surface area (Å²) in [5, 5.41) is 13.0. The van der Waals surface area contributed by atoms with Gasteiger partial charge >= 0.3 is 17.7 Å². The number of urea groups is 1. The van der Waals surface area contributed by atoms with Crippen LogP contribution >= 0.6 is 23.2 Å². The summed E-state index contributed by atoms with van der Waals surface area (Å²) in [6.45, 7) is 0.967. The number of H-pyrrole nitrogens is 1. The number of carbonyl (C=O) groups is 2. The third-order valence-corrected chi connectivity index (χ3v) is 7.20. The predicted octanol–water partition coefficient (Wildman–Crippen LogP) is 5.87. The first-order valence-corrected chi connectivity index (χ1v) is 12.2. The van der Waals surface area contributed by atoms with Crippen molar-refractivity contribution in [3.8, 4) is 11.1 Å². The quantitative estimate of drug-likeness (QED) is 0.310. The Balaban J connectivity index is 1.35. The number of aromatic nitrogens is 2. The molecule has 2 heterocycles. The van der Waals surface area contributed by atoms with Crippen LogP contribution in [-0.4, -0.2) is 44.6 Å². The molecule has 10 heteroatoms. The van der Waals surface area contributed by atoms with Crippen LogP contribution in [-0.2, 0) is 0 Å². The number of anilines is 1. The molecule has 0 atom stereocenters. The van der Waals surface area contributed by atoms with E-state index in [-0.39, 0.29) is 23.3 Å². The Hall–Kier alpha value is -3.75. The minimum Gasteiger partial charge on any atom is -0.478 e. The SMILES string of the molecule is O=C(O)c1cccc(-c2cccc3c2[nH]c(=O)n3C2CCN(C(=O)Nc3ccc(Cl)c(Cl)c3)CC2)c1. The Morgan fingerprint density at radius 1 is 0.972 bits per heavy atom. The second-order valence-corrected chi connectivity index (χ2v) is 9.48. The maximum Gasteiger partial charge on any atom is 0.335 e. The number of likely N-dealkylation sites (tertiary alicyclic amines) is 1. The predicted molar refractivity (Wildman–Crippen MR) is 140 cm³/mol. The van der Waals surface area contributed by atoms with Gasteiger partial charge in [-0.15, -0.1) is 0 Å². The molecule has 1 aliphatic rings. The second-order valence-electron chi connectivity index (χ2n) is 8.66. The van der Waals surface area contributed by atoms with Crippen molar-refractivity contribution in [3.05, 3.63) is 86.8 Å². The van der Waals surface area contributed by atoms with Gasteiger partial charge in [0.25, 0.3) is 0 Å². The number of fused-ring (bicyclic) bond motifs is 1. The first-order chi connectivity index (χ1) is 17.3. The smallest absolute Gasteiger partial charge is 0.335 e. The maximum atomic E-state index is 13.0. The fourth-order valence-electron chi connectivity index (χ4n) is 4.68. The van der Waals surface area contributed by atoms with Crippen molar-refractivity contribution in [3.63, 3.8) is 0 Å². The van der Waals surface area contributed by atoms with Crippen LogP contribution in [0, 0.1) is 0 Å². The topological polar surface area (TPSA) is 107 Å². The number of rotatable bonds is 4. The lowest BCUT2D eigenvalue weighted by molar-refractivity contribution is 0.0697. The van der Waals surface area contributed by atoms with Crippen LogP contribution in [0.3, 0.4) is 0 Å². The Morgan fingerprint density at radius 3 is 2.44 bits per heavy atom. The molecule has 1 aromatic heterocycles. The molecule has 1 fully saturated rings. The highest BCUT2D eigenvalue weighted by molar-refractivity contribution is 6.42. The number of imidazole rings is 1. The number of aromatic carboxylic acids is 1. The van der Waals surface area contributed by atoms with Gasteiger partial charge in [-0.1, -0.05) is 47.5 Å². The number of carboxylic acids is 1. The van der Waals surface area contributed by atoms with E-state index in [2.05, 4.69) is 10.3 Å². The van der Waals surface area contributed by atoms with Crippen molar-refractivity contribution >= 4 is 51.9 Å². The molecule has 0 aliphatic carbocycles. The number of nitrogens with zero attached hydrogens (tertiary/aromatic N) is 2. The van der Waals surface area contributed by atoms with Crippen molar-refractivity contribution in [1.29, 1.82) is 0 Å². The molecule has 5 rings (SSSR count). The summed E-state index contributed by atoms with van der Waals surface area (Å²) in [5.74, 6) is -1.01. The maximum absolute atomic E-state index is 13.0. The molecule has 1 aliphatic heterocycles. The highest BCUT2D eigenvalue weighted by atomic mass is 35.5. The van der Waals surface area contributed by atoms with Crippen molar-refractivity contribution in [2.45, 2.75) is 18.9 Å². The Bertz CT molecular complexity index is 1540. The summed E-state index contributed by atoms with van der Waals surface area (Å²) in [4.78, 5) is 41.8. The summed E-state index contributed by atoms with van der Waals surface area (Å²) in [6.07, 6.45) is 1.22. The molecule has 0 spiro atoms. The van der Waals surface area contributed by atoms with Crippen molar-refractivity contribution in [1.82, 2.24) is 14.5 Å². The van der Waals surface area contributed by atoms with Crippen molar-refractivity contribution in [2.75, 3.05) is 18.4 Å². The first kappa shape index (κ1) is 24.0. The van der Waals surface area contributed by atoms with Gasteiger partial charge in [0.15, 0.2) is 0 Å². The van der Waals surface area contributed by atoms with Gasteiger partial charge < -0.3 is 20.3 Å². The number of piperidine rings is 1.